The molecular weight excluding hydrogens is 667 g/mol. The van der Waals surface area contributed by atoms with E-state index in [0.29, 0.717) is 5.82 Å². The van der Waals surface area contributed by atoms with Gasteiger partial charge in [0.2, 0.25) is 0 Å². The van der Waals surface area contributed by atoms with Crippen molar-refractivity contribution in [3.63, 3.8) is 0 Å². The number of hydrogen-bond acceptors (Lipinski definition) is 3. The first kappa shape index (κ1) is 32.7. The third-order valence-corrected chi connectivity index (χ3v) is 11.1. The van der Waals surface area contributed by atoms with E-state index in [-0.39, 0.29) is 5.41 Å². The van der Waals surface area contributed by atoms with E-state index in [1.54, 1.807) is 0 Å². The van der Waals surface area contributed by atoms with Crippen LogP contribution in [0.4, 0.5) is 0 Å². The van der Waals surface area contributed by atoms with E-state index in [0.717, 1.165) is 72.5 Å². The maximum absolute atomic E-state index is 5.32. The molecule has 7 aromatic carbocycles. The molecule has 0 amide bonds. The lowest BCUT2D eigenvalue weighted by Crippen LogP contribution is -2.14. The van der Waals surface area contributed by atoms with Crippen LogP contribution < -0.4 is 0 Å². The van der Waals surface area contributed by atoms with Crippen LogP contribution in [0.5, 0.6) is 0 Å². The predicted octanol–water partition coefficient (Wildman–Crippen LogP) is 13.3. The second kappa shape index (κ2) is 13.2. The van der Waals surface area contributed by atoms with Crippen molar-refractivity contribution in [2.45, 2.75) is 19.3 Å². The van der Waals surface area contributed by atoms with Crippen LogP contribution in [0.15, 0.2) is 188 Å². The summed E-state index contributed by atoms with van der Waals surface area (Å²) < 4.78 is 0. The standard InChI is InChI=1S/C52H37N3/c1-52(2)45-28-15-14-26-40(45)43-30-44-42(31-47(35-19-8-4-9-20-35)53-49(44)32-46(43)52)37-23-16-24-38(29-37)51-54-48(36-21-10-5-11-22-36)33-50(55-51)41-27-13-12-25-39(41)34-17-6-3-7-18-34/h3-33H,1-2H3. The summed E-state index contributed by atoms with van der Waals surface area (Å²) in [4.78, 5) is 15.9. The fourth-order valence-electron chi connectivity index (χ4n) is 8.29. The SMILES string of the molecule is CC1(C)c2ccccc2-c2cc3c(-c4cccc(-c5nc(-c6ccccc6)cc(-c6ccccc6-c6ccccc6)n5)c4)cc(-c4ccccc4)nc3cc21. The molecule has 0 saturated heterocycles. The second-order valence-corrected chi connectivity index (χ2v) is 14.8. The van der Waals surface area contributed by atoms with Gasteiger partial charge in [-0.25, -0.2) is 15.0 Å². The summed E-state index contributed by atoms with van der Waals surface area (Å²) in [5.74, 6) is 0.680. The first-order chi connectivity index (χ1) is 27.0. The lowest BCUT2D eigenvalue weighted by atomic mass is 9.82. The Morgan fingerprint density at radius 3 is 1.58 bits per heavy atom. The van der Waals surface area contributed by atoms with Crippen molar-refractivity contribution >= 4 is 10.9 Å². The first-order valence-electron chi connectivity index (χ1n) is 18.9. The molecule has 0 radical (unpaired) electrons. The lowest BCUT2D eigenvalue weighted by Gasteiger charge is -2.22. The molecule has 2 aromatic heterocycles. The molecule has 0 atom stereocenters. The zero-order valence-electron chi connectivity index (χ0n) is 30.7. The lowest BCUT2D eigenvalue weighted by molar-refractivity contribution is 0.661. The number of aromatic nitrogens is 3. The van der Waals surface area contributed by atoms with Gasteiger partial charge in [0.1, 0.15) is 0 Å². The summed E-state index contributed by atoms with van der Waals surface area (Å²) in [5.41, 5.74) is 17.5. The van der Waals surface area contributed by atoms with E-state index in [1.165, 1.54) is 22.3 Å². The Morgan fingerprint density at radius 2 is 0.873 bits per heavy atom. The van der Waals surface area contributed by atoms with Crippen molar-refractivity contribution in [3.05, 3.63) is 199 Å². The second-order valence-electron chi connectivity index (χ2n) is 14.8. The molecule has 10 rings (SSSR count). The van der Waals surface area contributed by atoms with Gasteiger partial charge in [-0.05, 0) is 74.8 Å². The molecule has 55 heavy (non-hydrogen) atoms. The Labute approximate surface area is 321 Å². The van der Waals surface area contributed by atoms with Crippen molar-refractivity contribution in [1.82, 2.24) is 15.0 Å². The van der Waals surface area contributed by atoms with Gasteiger partial charge < -0.3 is 0 Å². The summed E-state index contributed by atoms with van der Waals surface area (Å²) in [6.07, 6.45) is 0. The Morgan fingerprint density at radius 1 is 0.327 bits per heavy atom. The summed E-state index contributed by atoms with van der Waals surface area (Å²) in [5, 5.41) is 1.12. The zero-order valence-corrected chi connectivity index (χ0v) is 30.7. The van der Waals surface area contributed by atoms with E-state index in [1.807, 2.05) is 6.07 Å². The van der Waals surface area contributed by atoms with Gasteiger partial charge in [-0.1, -0.05) is 172 Å². The highest BCUT2D eigenvalue weighted by atomic mass is 14.9. The smallest absolute Gasteiger partial charge is 0.160 e. The number of hydrogen-bond donors (Lipinski definition) is 0. The number of benzene rings is 7. The fourth-order valence-corrected chi connectivity index (χ4v) is 8.29. The highest BCUT2D eigenvalue weighted by molar-refractivity contribution is 6.02. The van der Waals surface area contributed by atoms with Crippen LogP contribution in [0.2, 0.25) is 0 Å². The summed E-state index contributed by atoms with van der Waals surface area (Å²) in [6, 6.07) is 66.5. The minimum Gasteiger partial charge on any atom is -0.248 e. The van der Waals surface area contributed by atoms with E-state index in [2.05, 4.69) is 196 Å². The Kier molecular flexibility index (Phi) is 7.81. The van der Waals surface area contributed by atoms with E-state index in [9.17, 15) is 0 Å². The third-order valence-electron chi connectivity index (χ3n) is 11.1. The Balaban J connectivity index is 1.18. The van der Waals surface area contributed by atoms with E-state index < -0.39 is 0 Å². The van der Waals surface area contributed by atoms with Gasteiger partial charge in [0.05, 0.1) is 22.6 Å². The maximum Gasteiger partial charge on any atom is 0.160 e. The molecule has 1 aliphatic carbocycles. The molecule has 0 N–H and O–H groups in total. The van der Waals surface area contributed by atoms with Crippen LogP contribution in [0, 0.1) is 0 Å². The predicted molar refractivity (Wildman–Crippen MR) is 228 cm³/mol. The molecule has 3 nitrogen and oxygen atoms in total. The van der Waals surface area contributed by atoms with Crippen molar-refractivity contribution in [1.29, 1.82) is 0 Å². The van der Waals surface area contributed by atoms with Gasteiger partial charge in [0, 0.05) is 33.1 Å². The summed E-state index contributed by atoms with van der Waals surface area (Å²) in [7, 11) is 0. The van der Waals surface area contributed by atoms with E-state index >= 15 is 0 Å². The minimum absolute atomic E-state index is 0.122. The number of rotatable bonds is 6. The van der Waals surface area contributed by atoms with Crippen molar-refractivity contribution < 1.29 is 0 Å². The molecule has 3 heteroatoms. The van der Waals surface area contributed by atoms with Gasteiger partial charge in [-0.2, -0.15) is 0 Å². The number of pyridine rings is 1. The Bertz CT molecular complexity index is 2880. The Hall–Kier alpha value is -6.97. The topological polar surface area (TPSA) is 38.7 Å². The molecule has 2 heterocycles. The van der Waals surface area contributed by atoms with Crippen LogP contribution in [0.1, 0.15) is 25.0 Å². The van der Waals surface area contributed by atoms with Crippen LogP contribution in [0.25, 0.3) is 89.4 Å². The van der Waals surface area contributed by atoms with Crippen LogP contribution in [-0.4, -0.2) is 15.0 Å². The monoisotopic (exact) mass is 703 g/mol. The zero-order chi connectivity index (χ0) is 36.9. The van der Waals surface area contributed by atoms with Gasteiger partial charge in [0.25, 0.3) is 0 Å². The highest BCUT2D eigenvalue weighted by Crippen LogP contribution is 2.50. The molecule has 0 spiro atoms. The average molecular weight is 704 g/mol. The minimum atomic E-state index is -0.122. The van der Waals surface area contributed by atoms with Crippen LogP contribution in [0.3, 0.4) is 0 Å². The third kappa shape index (κ3) is 5.73. The van der Waals surface area contributed by atoms with Crippen molar-refractivity contribution in [2.75, 3.05) is 0 Å². The molecule has 1 aliphatic rings. The van der Waals surface area contributed by atoms with Gasteiger partial charge in [-0.3, -0.25) is 0 Å². The van der Waals surface area contributed by atoms with E-state index in [4.69, 9.17) is 15.0 Å². The van der Waals surface area contributed by atoms with Crippen molar-refractivity contribution in [2.24, 2.45) is 0 Å². The largest absolute Gasteiger partial charge is 0.248 e. The van der Waals surface area contributed by atoms with Gasteiger partial charge >= 0.3 is 0 Å². The van der Waals surface area contributed by atoms with Gasteiger partial charge in [-0.15, -0.1) is 0 Å². The average Bonchev–Trinajstić information content (AvgIpc) is 3.48. The molecular formula is C52H37N3. The van der Waals surface area contributed by atoms with Crippen LogP contribution in [-0.2, 0) is 5.41 Å². The molecule has 0 bridgehead atoms. The molecule has 0 unspecified atom stereocenters. The normalized spacial score (nSPS) is 12.7. The molecule has 0 saturated carbocycles. The maximum atomic E-state index is 5.32. The molecule has 9 aromatic rings. The molecule has 0 fully saturated rings. The number of nitrogens with zero attached hydrogens (tertiary/aromatic N) is 3. The fraction of sp³-hybridized carbons (Fsp3) is 0.0577. The quantitative estimate of drug-likeness (QED) is 0.173. The number of fused-ring (bicyclic) bond motifs is 4. The highest BCUT2D eigenvalue weighted by Gasteiger charge is 2.35. The first-order valence-corrected chi connectivity index (χ1v) is 18.9. The summed E-state index contributed by atoms with van der Waals surface area (Å²) >= 11 is 0. The van der Waals surface area contributed by atoms with Crippen LogP contribution >= 0.6 is 0 Å². The molecule has 260 valence electrons. The van der Waals surface area contributed by atoms with Crippen molar-refractivity contribution in [3.8, 4) is 78.5 Å². The summed E-state index contributed by atoms with van der Waals surface area (Å²) in [6.45, 7) is 4.65. The van der Waals surface area contributed by atoms with Gasteiger partial charge in [0.15, 0.2) is 5.82 Å². The molecule has 0 aliphatic heterocycles.